The molecule has 0 spiro atoms. The van der Waals surface area contributed by atoms with Crippen LogP contribution in [0.25, 0.3) is 10.9 Å². The predicted molar refractivity (Wildman–Crippen MR) is 99.2 cm³/mol. The Kier molecular flexibility index (Phi) is 5.09. The molecule has 0 saturated carbocycles. The van der Waals surface area contributed by atoms with E-state index >= 15 is 0 Å². The zero-order chi connectivity index (χ0) is 17.8. The summed E-state index contributed by atoms with van der Waals surface area (Å²) in [6.07, 6.45) is 0. The van der Waals surface area contributed by atoms with E-state index in [0.29, 0.717) is 23.2 Å². The maximum atomic E-state index is 11.9. The number of fused-ring (bicyclic) bond motifs is 1. The average Bonchev–Trinajstić information content (AvgIpc) is 2.95. The number of benzene rings is 2. The fourth-order valence-electron chi connectivity index (χ4n) is 2.36. The number of amides is 2. The highest BCUT2D eigenvalue weighted by atomic mass is 35.5. The van der Waals surface area contributed by atoms with Crippen LogP contribution in [0.2, 0.25) is 5.02 Å². The second-order valence-corrected chi connectivity index (χ2v) is 6.32. The van der Waals surface area contributed by atoms with Gasteiger partial charge in [0.1, 0.15) is 12.4 Å². The Morgan fingerprint density at radius 2 is 2.08 bits per heavy atom. The molecule has 2 amide bonds. The first-order valence-electron chi connectivity index (χ1n) is 7.95. The minimum Gasteiger partial charge on any atom is -0.489 e. The molecule has 0 aliphatic rings. The summed E-state index contributed by atoms with van der Waals surface area (Å²) in [6.45, 7) is 4.14. The number of nitrogens with one attached hydrogen (secondary N) is 3. The van der Waals surface area contributed by atoms with Gasteiger partial charge >= 0.3 is 6.03 Å². The molecule has 0 aliphatic heterocycles. The van der Waals surface area contributed by atoms with Crippen molar-refractivity contribution in [3.63, 3.8) is 0 Å². The van der Waals surface area contributed by atoms with Crippen molar-refractivity contribution in [1.82, 2.24) is 15.5 Å². The van der Waals surface area contributed by atoms with Gasteiger partial charge in [-0.3, -0.25) is 10.4 Å². The second kappa shape index (κ2) is 7.44. The quantitative estimate of drug-likeness (QED) is 0.635. The van der Waals surface area contributed by atoms with Gasteiger partial charge in [0.25, 0.3) is 0 Å². The molecule has 0 aliphatic carbocycles. The van der Waals surface area contributed by atoms with E-state index in [4.69, 9.17) is 16.3 Å². The molecule has 7 heteroatoms. The highest BCUT2D eigenvalue weighted by Gasteiger charge is 2.11. The predicted octanol–water partition coefficient (Wildman–Crippen LogP) is 4.33. The normalized spacial score (nSPS) is 10.9. The minimum absolute atomic E-state index is 0.0414. The molecular weight excluding hydrogens is 340 g/mol. The molecule has 3 N–H and O–H groups in total. The van der Waals surface area contributed by atoms with Crippen molar-refractivity contribution in [3.05, 3.63) is 53.1 Å². The molecule has 1 heterocycles. The molecule has 130 valence electrons. The summed E-state index contributed by atoms with van der Waals surface area (Å²) in [5.41, 5.74) is 1.72. The van der Waals surface area contributed by atoms with Crippen LogP contribution in [-0.4, -0.2) is 22.3 Å². The third-order valence-corrected chi connectivity index (χ3v) is 3.91. The maximum Gasteiger partial charge on any atom is 0.320 e. The largest absolute Gasteiger partial charge is 0.489 e. The Morgan fingerprint density at radius 3 is 2.84 bits per heavy atom. The highest BCUT2D eigenvalue weighted by molar-refractivity contribution is 6.31. The van der Waals surface area contributed by atoms with Crippen molar-refractivity contribution < 1.29 is 9.53 Å². The number of hydrogen-bond acceptors (Lipinski definition) is 3. The van der Waals surface area contributed by atoms with E-state index in [2.05, 4.69) is 20.8 Å². The summed E-state index contributed by atoms with van der Waals surface area (Å²) in [5.74, 6) is 1.12. The lowest BCUT2D eigenvalue weighted by atomic mass is 10.2. The lowest BCUT2D eigenvalue weighted by molar-refractivity contribution is 0.250. The number of rotatable bonds is 5. The molecule has 0 radical (unpaired) electrons. The number of aromatic amines is 1. The van der Waals surface area contributed by atoms with E-state index in [9.17, 15) is 4.79 Å². The summed E-state index contributed by atoms with van der Waals surface area (Å²) >= 11 is 6.14. The Morgan fingerprint density at radius 1 is 1.28 bits per heavy atom. The summed E-state index contributed by atoms with van der Waals surface area (Å²) in [6, 6.07) is 12.8. The van der Waals surface area contributed by atoms with Crippen molar-refractivity contribution in [2.45, 2.75) is 26.5 Å². The Hall–Kier alpha value is -2.73. The van der Waals surface area contributed by atoms with E-state index in [0.717, 1.165) is 16.5 Å². The monoisotopic (exact) mass is 358 g/mol. The fraction of sp³-hybridized carbons (Fsp3) is 0.222. The Balaban J connectivity index is 1.76. The second-order valence-electron chi connectivity index (χ2n) is 5.91. The van der Waals surface area contributed by atoms with Crippen LogP contribution in [0.3, 0.4) is 0 Å². The molecule has 2 aromatic carbocycles. The topological polar surface area (TPSA) is 79.0 Å². The number of aromatic nitrogens is 2. The van der Waals surface area contributed by atoms with Gasteiger partial charge in [0.2, 0.25) is 0 Å². The molecule has 3 rings (SSSR count). The van der Waals surface area contributed by atoms with Gasteiger partial charge in [-0.25, -0.2) is 4.79 Å². The summed E-state index contributed by atoms with van der Waals surface area (Å²) in [4.78, 5) is 11.9. The van der Waals surface area contributed by atoms with E-state index in [1.807, 2.05) is 56.3 Å². The van der Waals surface area contributed by atoms with Crippen LogP contribution in [0.4, 0.5) is 10.6 Å². The van der Waals surface area contributed by atoms with Gasteiger partial charge in [-0.15, -0.1) is 0 Å². The first-order chi connectivity index (χ1) is 12.0. The lowest BCUT2D eigenvalue weighted by Crippen LogP contribution is -2.34. The first-order valence-corrected chi connectivity index (χ1v) is 8.32. The van der Waals surface area contributed by atoms with Gasteiger partial charge in [-0.1, -0.05) is 29.8 Å². The summed E-state index contributed by atoms with van der Waals surface area (Å²) in [5, 5.41) is 14.0. The van der Waals surface area contributed by atoms with Crippen molar-refractivity contribution in [2.75, 3.05) is 5.32 Å². The number of nitrogens with zero attached hydrogens (tertiary/aromatic N) is 1. The summed E-state index contributed by atoms with van der Waals surface area (Å²) < 4.78 is 5.82. The molecule has 0 unspecified atom stereocenters. The van der Waals surface area contributed by atoms with E-state index in [1.165, 1.54) is 0 Å². The summed E-state index contributed by atoms with van der Waals surface area (Å²) in [7, 11) is 0. The number of anilines is 1. The van der Waals surface area contributed by atoms with Gasteiger partial charge in [0, 0.05) is 22.0 Å². The van der Waals surface area contributed by atoms with Gasteiger partial charge < -0.3 is 10.1 Å². The number of carbonyl (C=O) groups is 1. The maximum absolute atomic E-state index is 11.9. The molecule has 0 fully saturated rings. The number of carbonyl (C=O) groups excluding carboxylic acids is 1. The SMILES string of the molecule is CC(C)NC(=O)Nc1n[nH]c2ccc(OCc3ccccc3Cl)cc12. The molecule has 3 aromatic rings. The van der Waals surface area contributed by atoms with Crippen LogP contribution in [0.5, 0.6) is 5.75 Å². The lowest BCUT2D eigenvalue weighted by Gasteiger charge is -2.09. The molecule has 0 saturated heterocycles. The van der Waals surface area contributed by atoms with Gasteiger partial charge in [0.15, 0.2) is 5.82 Å². The third-order valence-electron chi connectivity index (χ3n) is 3.54. The fourth-order valence-corrected chi connectivity index (χ4v) is 2.55. The van der Waals surface area contributed by atoms with Crippen molar-refractivity contribution in [2.24, 2.45) is 0 Å². The minimum atomic E-state index is -0.300. The number of urea groups is 1. The van der Waals surface area contributed by atoms with Crippen molar-refractivity contribution in [1.29, 1.82) is 0 Å². The van der Waals surface area contributed by atoms with Crippen LogP contribution < -0.4 is 15.4 Å². The zero-order valence-electron chi connectivity index (χ0n) is 14.0. The van der Waals surface area contributed by atoms with Crippen LogP contribution >= 0.6 is 11.6 Å². The number of hydrogen-bond donors (Lipinski definition) is 3. The molecule has 1 aromatic heterocycles. The van der Waals surface area contributed by atoms with Crippen molar-refractivity contribution in [3.8, 4) is 5.75 Å². The number of H-pyrrole nitrogens is 1. The first kappa shape index (κ1) is 17.1. The van der Waals surface area contributed by atoms with E-state index in [1.54, 1.807) is 0 Å². The van der Waals surface area contributed by atoms with Crippen LogP contribution in [0.15, 0.2) is 42.5 Å². The van der Waals surface area contributed by atoms with Gasteiger partial charge in [-0.05, 0) is 38.1 Å². The molecular formula is C18H19ClN4O2. The molecule has 0 atom stereocenters. The Bertz CT molecular complexity index is 892. The molecule has 0 bridgehead atoms. The Labute approximate surface area is 150 Å². The molecule has 25 heavy (non-hydrogen) atoms. The third kappa shape index (κ3) is 4.22. The van der Waals surface area contributed by atoms with Gasteiger partial charge in [0.05, 0.1) is 5.52 Å². The standard InChI is InChI=1S/C18H19ClN4O2/c1-11(2)20-18(24)21-17-14-9-13(7-8-16(14)22-23-17)25-10-12-5-3-4-6-15(12)19/h3-9,11H,10H2,1-2H3,(H3,20,21,22,23,24). The van der Waals surface area contributed by atoms with Crippen LogP contribution in [0.1, 0.15) is 19.4 Å². The average molecular weight is 359 g/mol. The smallest absolute Gasteiger partial charge is 0.320 e. The van der Waals surface area contributed by atoms with Gasteiger partial charge in [-0.2, -0.15) is 5.10 Å². The van der Waals surface area contributed by atoms with E-state index < -0.39 is 0 Å². The number of halogens is 1. The molecule has 6 nitrogen and oxygen atoms in total. The highest BCUT2D eigenvalue weighted by Crippen LogP contribution is 2.26. The van der Waals surface area contributed by atoms with Crippen LogP contribution in [0, 0.1) is 0 Å². The van der Waals surface area contributed by atoms with E-state index in [-0.39, 0.29) is 12.1 Å². The van der Waals surface area contributed by atoms with Crippen LogP contribution in [-0.2, 0) is 6.61 Å². The van der Waals surface area contributed by atoms with Crippen molar-refractivity contribution >= 4 is 34.4 Å². The zero-order valence-corrected chi connectivity index (χ0v) is 14.7. The number of ether oxygens (including phenoxy) is 1.